The van der Waals surface area contributed by atoms with Crippen LogP contribution < -0.4 is 5.73 Å². The van der Waals surface area contributed by atoms with Crippen molar-refractivity contribution in [1.29, 1.82) is 0 Å². The summed E-state index contributed by atoms with van der Waals surface area (Å²) < 4.78 is 10.9. The Kier molecular flexibility index (Phi) is 2.14. The normalized spacial score (nSPS) is 11.1. The van der Waals surface area contributed by atoms with Crippen LogP contribution >= 0.6 is 0 Å². The monoisotopic (exact) mass is 228 g/mol. The molecule has 0 bridgehead atoms. The average molecular weight is 228 g/mol. The van der Waals surface area contributed by atoms with E-state index in [1.165, 1.54) is 0 Å². The van der Waals surface area contributed by atoms with Gasteiger partial charge in [0, 0.05) is 0 Å². The maximum atomic E-state index is 5.93. The summed E-state index contributed by atoms with van der Waals surface area (Å²) in [7, 11) is 0. The zero-order valence-electron chi connectivity index (χ0n) is 9.43. The van der Waals surface area contributed by atoms with Gasteiger partial charge in [0.05, 0.1) is 12.0 Å². The van der Waals surface area contributed by atoms with E-state index in [4.69, 9.17) is 14.6 Å². The predicted octanol–water partition coefficient (Wildman–Crippen LogP) is 3.23. The van der Waals surface area contributed by atoms with Crippen molar-refractivity contribution < 1.29 is 8.83 Å². The van der Waals surface area contributed by atoms with Gasteiger partial charge in [0.25, 0.3) is 5.89 Å². The number of nitrogens with zero attached hydrogens (tertiary/aromatic N) is 1. The van der Waals surface area contributed by atoms with Crippen molar-refractivity contribution >= 4 is 16.8 Å². The van der Waals surface area contributed by atoms with Crippen molar-refractivity contribution in [2.75, 3.05) is 5.73 Å². The van der Waals surface area contributed by atoms with Crippen LogP contribution in [0.2, 0.25) is 0 Å². The van der Waals surface area contributed by atoms with E-state index in [1.807, 2.05) is 18.2 Å². The lowest BCUT2D eigenvalue weighted by atomic mass is 10.1. The van der Waals surface area contributed by atoms with E-state index in [0.29, 0.717) is 22.9 Å². The van der Waals surface area contributed by atoms with Gasteiger partial charge in [0.15, 0.2) is 11.3 Å². The summed E-state index contributed by atoms with van der Waals surface area (Å²) in [6.45, 7) is 2.08. The fraction of sp³-hybridized carbons (Fsp3) is 0.154. The summed E-state index contributed by atoms with van der Waals surface area (Å²) >= 11 is 0. The van der Waals surface area contributed by atoms with Crippen LogP contribution in [0.1, 0.15) is 12.5 Å². The Morgan fingerprint density at radius 1 is 1.35 bits per heavy atom. The van der Waals surface area contributed by atoms with Gasteiger partial charge in [0.2, 0.25) is 0 Å². The van der Waals surface area contributed by atoms with Gasteiger partial charge in [-0.3, -0.25) is 0 Å². The number of nitrogen functional groups attached to an aromatic ring is 1. The van der Waals surface area contributed by atoms with Gasteiger partial charge < -0.3 is 14.6 Å². The zero-order chi connectivity index (χ0) is 11.8. The zero-order valence-corrected chi connectivity index (χ0v) is 9.43. The fourth-order valence-corrected chi connectivity index (χ4v) is 1.83. The minimum absolute atomic E-state index is 0.463. The first-order valence-electron chi connectivity index (χ1n) is 5.50. The smallest absolute Gasteiger partial charge is 0.264 e. The maximum Gasteiger partial charge on any atom is 0.264 e. The van der Waals surface area contributed by atoms with E-state index < -0.39 is 0 Å². The number of furan rings is 1. The van der Waals surface area contributed by atoms with Crippen LogP contribution in [0.3, 0.4) is 0 Å². The van der Waals surface area contributed by atoms with Crippen LogP contribution in [0.5, 0.6) is 0 Å². The molecule has 0 unspecified atom stereocenters. The molecule has 2 aromatic heterocycles. The Morgan fingerprint density at radius 3 is 2.94 bits per heavy atom. The SMILES string of the molecule is CCc1cc(N)c2oc(-c3ccco3)nc2c1. The number of benzene rings is 1. The Labute approximate surface area is 98.0 Å². The number of rotatable bonds is 2. The predicted molar refractivity (Wildman–Crippen MR) is 65.5 cm³/mol. The molecular weight excluding hydrogens is 216 g/mol. The first-order chi connectivity index (χ1) is 8.28. The lowest BCUT2D eigenvalue weighted by molar-refractivity contribution is 0.535. The minimum Gasteiger partial charge on any atom is -0.459 e. The topological polar surface area (TPSA) is 65.2 Å². The molecule has 4 nitrogen and oxygen atoms in total. The number of aryl methyl sites for hydroxylation is 1. The highest BCUT2D eigenvalue weighted by molar-refractivity contribution is 5.87. The van der Waals surface area contributed by atoms with Crippen LogP contribution in [-0.2, 0) is 6.42 Å². The summed E-state index contributed by atoms with van der Waals surface area (Å²) in [5.74, 6) is 1.07. The van der Waals surface area contributed by atoms with Crippen molar-refractivity contribution in [3.63, 3.8) is 0 Å². The van der Waals surface area contributed by atoms with Gasteiger partial charge in [0.1, 0.15) is 5.52 Å². The summed E-state index contributed by atoms with van der Waals surface area (Å²) in [5.41, 5.74) is 9.09. The number of oxazole rings is 1. The first kappa shape index (κ1) is 9.96. The van der Waals surface area contributed by atoms with Crippen LogP contribution in [0.4, 0.5) is 5.69 Å². The second-order valence-electron chi connectivity index (χ2n) is 3.88. The lowest BCUT2D eigenvalue weighted by Crippen LogP contribution is -1.88. The summed E-state index contributed by atoms with van der Waals surface area (Å²) in [5, 5.41) is 0. The quantitative estimate of drug-likeness (QED) is 0.684. The second kappa shape index (κ2) is 3.66. The molecule has 0 aliphatic carbocycles. The van der Waals surface area contributed by atoms with Crippen molar-refractivity contribution in [1.82, 2.24) is 4.98 Å². The molecule has 4 heteroatoms. The molecule has 0 aliphatic rings. The molecule has 3 rings (SSSR count). The molecule has 0 radical (unpaired) electrons. The van der Waals surface area contributed by atoms with Gasteiger partial charge in [-0.05, 0) is 36.2 Å². The van der Waals surface area contributed by atoms with E-state index in [0.717, 1.165) is 17.5 Å². The maximum absolute atomic E-state index is 5.93. The van der Waals surface area contributed by atoms with Crippen molar-refractivity contribution in [3.05, 3.63) is 36.1 Å². The second-order valence-corrected chi connectivity index (χ2v) is 3.88. The van der Waals surface area contributed by atoms with Crippen LogP contribution in [0.25, 0.3) is 22.8 Å². The van der Waals surface area contributed by atoms with Gasteiger partial charge in [-0.25, -0.2) is 4.98 Å². The molecule has 3 aromatic rings. The third-order valence-corrected chi connectivity index (χ3v) is 2.72. The number of nitrogens with two attached hydrogens (primary N) is 1. The number of aromatic nitrogens is 1. The van der Waals surface area contributed by atoms with Crippen LogP contribution in [0, 0.1) is 0 Å². The summed E-state index contributed by atoms with van der Waals surface area (Å²) in [6, 6.07) is 7.51. The molecule has 0 saturated carbocycles. The van der Waals surface area contributed by atoms with E-state index in [1.54, 1.807) is 12.3 Å². The van der Waals surface area contributed by atoms with Gasteiger partial charge >= 0.3 is 0 Å². The van der Waals surface area contributed by atoms with Crippen molar-refractivity contribution in [2.24, 2.45) is 0 Å². The highest BCUT2D eigenvalue weighted by atomic mass is 16.4. The van der Waals surface area contributed by atoms with Gasteiger partial charge in [-0.15, -0.1) is 0 Å². The third kappa shape index (κ3) is 1.58. The lowest BCUT2D eigenvalue weighted by Gasteiger charge is -1.98. The molecule has 0 aliphatic heterocycles. The van der Waals surface area contributed by atoms with Crippen molar-refractivity contribution in [3.8, 4) is 11.7 Å². The summed E-state index contributed by atoms with van der Waals surface area (Å²) in [4.78, 5) is 4.38. The average Bonchev–Trinajstić information content (AvgIpc) is 2.96. The Bertz CT molecular complexity index is 653. The van der Waals surface area contributed by atoms with E-state index in [-0.39, 0.29) is 0 Å². The van der Waals surface area contributed by atoms with Gasteiger partial charge in [-0.2, -0.15) is 0 Å². The van der Waals surface area contributed by atoms with E-state index >= 15 is 0 Å². The van der Waals surface area contributed by atoms with E-state index in [2.05, 4.69) is 11.9 Å². The molecule has 0 atom stereocenters. The van der Waals surface area contributed by atoms with Crippen LogP contribution in [-0.4, -0.2) is 4.98 Å². The van der Waals surface area contributed by atoms with Crippen LogP contribution in [0.15, 0.2) is 39.4 Å². The molecule has 86 valence electrons. The van der Waals surface area contributed by atoms with E-state index in [9.17, 15) is 0 Å². The summed E-state index contributed by atoms with van der Waals surface area (Å²) in [6.07, 6.45) is 2.51. The standard InChI is InChI=1S/C13H12N2O2/c1-2-8-6-9(14)12-10(7-8)15-13(17-12)11-4-3-5-16-11/h3-7H,2,14H2,1H3. The molecule has 0 spiro atoms. The molecule has 17 heavy (non-hydrogen) atoms. The Morgan fingerprint density at radius 2 is 2.24 bits per heavy atom. The molecule has 2 N–H and O–H groups in total. The fourth-order valence-electron chi connectivity index (χ4n) is 1.83. The Hall–Kier alpha value is -2.23. The molecule has 1 aromatic carbocycles. The van der Waals surface area contributed by atoms with Gasteiger partial charge in [-0.1, -0.05) is 6.92 Å². The highest BCUT2D eigenvalue weighted by Crippen LogP contribution is 2.29. The third-order valence-electron chi connectivity index (χ3n) is 2.72. The molecule has 0 amide bonds. The number of anilines is 1. The van der Waals surface area contributed by atoms with Crippen molar-refractivity contribution in [2.45, 2.75) is 13.3 Å². The minimum atomic E-state index is 0.463. The number of hydrogen-bond donors (Lipinski definition) is 1. The molecule has 0 saturated heterocycles. The number of fused-ring (bicyclic) bond motifs is 1. The molecular formula is C13H12N2O2. The first-order valence-corrected chi connectivity index (χ1v) is 5.50. The molecule has 2 heterocycles. The Balaban J connectivity index is 2.22. The highest BCUT2D eigenvalue weighted by Gasteiger charge is 2.13. The molecule has 0 fully saturated rings. The number of hydrogen-bond acceptors (Lipinski definition) is 4. The largest absolute Gasteiger partial charge is 0.459 e.